The molecule has 2 aliphatic rings. The Kier molecular flexibility index (Phi) is 5.83. The first-order chi connectivity index (χ1) is 8.77. The van der Waals surface area contributed by atoms with E-state index in [1.54, 1.807) is 0 Å². The van der Waals surface area contributed by atoms with E-state index in [2.05, 4.69) is 5.32 Å². The van der Waals surface area contributed by atoms with Crippen molar-refractivity contribution in [3.05, 3.63) is 0 Å². The van der Waals surface area contributed by atoms with E-state index in [1.165, 1.54) is 37.9 Å². The fraction of sp³-hybridized carbons (Fsp3) is 0.929. The topological polar surface area (TPSA) is 55.1 Å². The highest BCUT2D eigenvalue weighted by atomic mass is 32.2. The summed E-state index contributed by atoms with van der Waals surface area (Å²) in [4.78, 5) is 12.2. The summed E-state index contributed by atoms with van der Waals surface area (Å²) < 4.78 is 0. The van der Waals surface area contributed by atoms with Crippen molar-refractivity contribution in [1.82, 2.24) is 5.32 Å². The Hall–Kier alpha value is -0.220. The molecule has 0 spiro atoms. The van der Waals surface area contributed by atoms with Crippen molar-refractivity contribution < 1.29 is 4.79 Å². The highest BCUT2D eigenvalue weighted by Gasteiger charge is 2.27. The third-order valence-corrected chi connectivity index (χ3v) is 5.58. The van der Waals surface area contributed by atoms with E-state index in [0.29, 0.717) is 5.25 Å². The quantitative estimate of drug-likeness (QED) is 0.774. The monoisotopic (exact) mass is 270 g/mol. The fourth-order valence-electron chi connectivity index (χ4n) is 2.98. The minimum atomic E-state index is 0.0566. The zero-order chi connectivity index (χ0) is 12.8. The molecule has 3 unspecified atom stereocenters. The highest BCUT2D eigenvalue weighted by Crippen LogP contribution is 2.25. The van der Waals surface area contributed by atoms with Gasteiger partial charge in [-0.25, -0.2) is 0 Å². The van der Waals surface area contributed by atoms with Crippen molar-refractivity contribution in [2.24, 2.45) is 11.7 Å². The third-order valence-electron chi connectivity index (χ3n) is 4.18. The van der Waals surface area contributed by atoms with Gasteiger partial charge in [-0.3, -0.25) is 4.79 Å². The van der Waals surface area contributed by atoms with E-state index >= 15 is 0 Å². The molecule has 1 saturated heterocycles. The molecule has 0 bridgehead atoms. The molecule has 3 nitrogen and oxygen atoms in total. The molecule has 18 heavy (non-hydrogen) atoms. The lowest BCUT2D eigenvalue weighted by atomic mass is 9.94. The maximum Gasteiger partial charge on any atom is 0.224 e. The number of nitrogens with two attached hydrogens (primary N) is 1. The molecule has 1 amide bonds. The first-order valence-corrected chi connectivity index (χ1v) is 8.47. The zero-order valence-corrected chi connectivity index (χ0v) is 12.0. The lowest BCUT2D eigenvalue weighted by molar-refractivity contribution is -0.125. The molecular weight excluding hydrogens is 244 g/mol. The van der Waals surface area contributed by atoms with Gasteiger partial charge in [-0.05, 0) is 31.4 Å². The van der Waals surface area contributed by atoms with Crippen LogP contribution in [0, 0.1) is 5.92 Å². The van der Waals surface area contributed by atoms with Crippen LogP contribution < -0.4 is 11.1 Å². The van der Waals surface area contributed by atoms with Crippen LogP contribution in [0.4, 0.5) is 0 Å². The van der Waals surface area contributed by atoms with Crippen LogP contribution in [0.3, 0.4) is 0 Å². The lowest BCUT2D eigenvalue weighted by Crippen LogP contribution is -2.43. The van der Waals surface area contributed by atoms with Gasteiger partial charge in [-0.2, -0.15) is 11.8 Å². The SMILES string of the molecule is NC1CCCCCC1C(=O)NCC1CCCCS1. The number of hydrogen-bond donors (Lipinski definition) is 2. The van der Waals surface area contributed by atoms with Crippen LogP contribution in [0.15, 0.2) is 0 Å². The van der Waals surface area contributed by atoms with Crippen LogP contribution in [-0.2, 0) is 4.79 Å². The normalized spacial score (nSPS) is 33.7. The van der Waals surface area contributed by atoms with Gasteiger partial charge < -0.3 is 11.1 Å². The maximum absolute atomic E-state index is 12.2. The summed E-state index contributed by atoms with van der Waals surface area (Å²) in [7, 11) is 0. The summed E-state index contributed by atoms with van der Waals surface area (Å²) in [5, 5.41) is 3.77. The Labute approximate surface area is 115 Å². The Bertz CT molecular complexity index is 267. The second-order valence-corrected chi connectivity index (χ2v) is 7.05. The van der Waals surface area contributed by atoms with Crippen molar-refractivity contribution in [3.63, 3.8) is 0 Å². The summed E-state index contributed by atoms with van der Waals surface area (Å²) >= 11 is 2.01. The Morgan fingerprint density at radius 3 is 2.67 bits per heavy atom. The minimum absolute atomic E-state index is 0.0566. The first-order valence-electron chi connectivity index (χ1n) is 7.42. The van der Waals surface area contributed by atoms with E-state index in [9.17, 15) is 4.79 Å². The van der Waals surface area contributed by atoms with Crippen molar-refractivity contribution in [2.45, 2.75) is 62.7 Å². The number of carbonyl (C=O) groups excluding carboxylic acids is 1. The largest absolute Gasteiger partial charge is 0.355 e. The molecule has 0 radical (unpaired) electrons. The maximum atomic E-state index is 12.2. The van der Waals surface area contributed by atoms with Gasteiger partial charge >= 0.3 is 0 Å². The average molecular weight is 270 g/mol. The summed E-state index contributed by atoms with van der Waals surface area (Å²) in [5.41, 5.74) is 6.12. The Balaban J connectivity index is 1.75. The van der Waals surface area contributed by atoms with Gasteiger partial charge in [-0.1, -0.05) is 25.7 Å². The summed E-state index contributed by atoms with van der Waals surface area (Å²) in [6.07, 6.45) is 9.46. The van der Waals surface area contributed by atoms with Crippen LogP contribution in [0.1, 0.15) is 51.4 Å². The summed E-state index contributed by atoms with van der Waals surface area (Å²) in [5.74, 6) is 1.51. The number of thioether (sulfide) groups is 1. The van der Waals surface area contributed by atoms with Gasteiger partial charge in [0.05, 0.1) is 5.92 Å². The molecule has 1 aliphatic heterocycles. The third kappa shape index (κ3) is 4.16. The predicted octanol–water partition coefficient (Wildman–Crippen LogP) is 2.30. The molecule has 4 heteroatoms. The van der Waals surface area contributed by atoms with Crippen molar-refractivity contribution in [3.8, 4) is 0 Å². The van der Waals surface area contributed by atoms with E-state index in [1.807, 2.05) is 11.8 Å². The standard InChI is InChI=1S/C14H26N2OS/c15-13-8-3-1-2-7-12(13)14(17)16-10-11-6-4-5-9-18-11/h11-13H,1-10,15H2,(H,16,17). The molecule has 1 heterocycles. The molecule has 2 fully saturated rings. The van der Waals surface area contributed by atoms with E-state index < -0.39 is 0 Å². The van der Waals surface area contributed by atoms with Crippen LogP contribution in [-0.4, -0.2) is 29.5 Å². The molecule has 0 aromatic rings. The average Bonchev–Trinajstić information content (AvgIpc) is 2.62. The number of amides is 1. The molecule has 0 aromatic carbocycles. The molecule has 2 rings (SSSR count). The predicted molar refractivity (Wildman–Crippen MR) is 77.7 cm³/mol. The molecule has 104 valence electrons. The lowest BCUT2D eigenvalue weighted by Gasteiger charge is -2.24. The van der Waals surface area contributed by atoms with E-state index in [-0.39, 0.29) is 17.9 Å². The highest BCUT2D eigenvalue weighted by molar-refractivity contribution is 7.99. The second-order valence-electron chi connectivity index (χ2n) is 5.64. The molecule has 1 saturated carbocycles. The number of carbonyl (C=O) groups is 1. The van der Waals surface area contributed by atoms with Crippen molar-refractivity contribution in [2.75, 3.05) is 12.3 Å². The molecule has 0 aromatic heterocycles. The minimum Gasteiger partial charge on any atom is -0.355 e. The number of nitrogens with one attached hydrogen (secondary N) is 1. The van der Waals surface area contributed by atoms with Crippen LogP contribution in [0.5, 0.6) is 0 Å². The van der Waals surface area contributed by atoms with Crippen LogP contribution >= 0.6 is 11.8 Å². The van der Waals surface area contributed by atoms with Gasteiger partial charge in [0.2, 0.25) is 5.91 Å². The van der Waals surface area contributed by atoms with Crippen LogP contribution in [0.2, 0.25) is 0 Å². The van der Waals surface area contributed by atoms with Crippen molar-refractivity contribution in [1.29, 1.82) is 0 Å². The van der Waals surface area contributed by atoms with Crippen LogP contribution in [0.25, 0.3) is 0 Å². The fourth-order valence-corrected chi connectivity index (χ4v) is 4.21. The Morgan fingerprint density at radius 1 is 1.11 bits per heavy atom. The zero-order valence-electron chi connectivity index (χ0n) is 11.2. The smallest absolute Gasteiger partial charge is 0.224 e. The van der Waals surface area contributed by atoms with Gasteiger partial charge in [0.1, 0.15) is 0 Å². The van der Waals surface area contributed by atoms with Crippen molar-refractivity contribution >= 4 is 17.7 Å². The number of rotatable bonds is 3. The summed E-state index contributed by atoms with van der Waals surface area (Å²) in [6.45, 7) is 0.840. The first kappa shape index (κ1) is 14.2. The number of hydrogen-bond acceptors (Lipinski definition) is 3. The molecular formula is C14H26N2OS. The summed E-state index contributed by atoms with van der Waals surface area (Å²) in [6, 6.07) is 0.0755. The van der Waals surface area contributed by atoms with Gasteiger partial charge in [0.25, 0.3) is 0 Å². The van der Waals surface area contributed by atoms with E-state index in [0.717, 1.165) is 25.8 Å². The van der Waals surface area contributed by atoms with E-state index in [4.69, 9.17) is 5.73 Å². The second kappa shape index (κ2) is 7.39. The van der Waals surface area contributed by atoms with Gasteiger partial charge in [-0.15, -0.1) is 0 Å². The van der Waals surface area contributed by atoms with Gasteiger partial charge in [0, 0.05) is 17.8 Å². The molecule has 1 aliphatic carbocycles. The molecule has 3 atom stereocenters. The van der Waals surface area contributed by atoms with Gasteiger partial charge in [0.15, 0.2) is 0 Å². The Morgan fingerprint density at radius 2 is 1.89 bits per heavy atom. The molecule has 3 N–H and O–H groups in total.